The molecule has 2 rings (SSSR count). The van der Waals surface area contributed by atoms with Gasteiger partial charge in [-0.2, -0.15) is 14.0 Å². The Labute approximate surface area is 172 Å². The lowest BCUT2D eigenvalue weighted by Crippen LogP contribution is -2.34. The summed E-state index contributed by atoms with van der Waals surface area (Å²) >= 11 is 0. The Balaban J connectivity index is 1.79. The van der Waals surface area contributed by atoms with Crippen molar-refractivity contribution in [2.45, 2.75) is 26.2 Å². The minimum atomic E-state index is -2.90. The Morgan fingerprint density at radius 1 is 1.03 bits per heavy atom. The lowest BCUT2D eigenvalue weighted by atomic mass is 10.2. The van der Waals surface area contributed by atoms with Gasteiger partial charge in [0.1, 0.15) is 11.5 Å². The zero-order valence-corrected chi connectivity index (χ0v) is 16.4. The molecule has 0 bridgehead atoms. The summed E-state index contributed by atoms with van der Waals surface area (Å²) < 4.78 is 39.0. The van der Waals surface area contributed by atoms with E-state index < -0.39 is 31.2 Å². The Morgan fingerprint density at radius 2 is 1.60 bits per heavy atom. The summed E-state index contributed by atoms with van der Waals surface area (Å²) in [6.45, 7) is -1.69. The molecule has 1 unspecified atom stereocenters. The molecule has 0 spiro atoms. The summed E-state index contributed by atoms with van der Waals surface area (Å²) in [5.41, 5.74) is 1.15. The number of alkyl halides is 2. The second-order valence-electron chi connectivity index (χ2n) is 6.28. The Kier molecular flexibility index (Phi) is 8.11. The molecule has 0 saturated carbocycles. The number of amides is 1. The molecule has 0 aliphatic rings. The molecular formula is C21H20F2N2O5. The average molecular weight is 418 g/mol. The van der Waals surface area contributed by atoms with Gasteiger partial charge in [0.15, 0.2) is 12.7 Å². The third-order valence-corrected chi connectivity index (χ3v) is 3.96. The maximum Gasteiger partial charge on any atom is 0.387 e. The number of hydrogen-bond donors (Lipinski definition) is 0. The van der Waals surface area contributed by atoms with Gasteiger partial charge in [-0.1, -0.05) is 12.1 Å². The molecule has 0 aliphatic carbocycles. The Bertz CT molecular complexity index is 895. The molecule has 0 radical (unpaired) electrons. The van der Waals surface area contributed by atoms with Gasteiger partial charge in [-0.25, -0.2) is 4.79 Å². The van der Waals surface area contributed by atoms with Crippen molar-refractivity contribution >= 4 is 11.9 Å². The summed E-state index contributed by atoms with van der Waals surface area (Å²) in [7, 11) is 1.52. The molecule has 0 aromatic heterocycles. The van der Waals surface area contributed by atoms with E-state index in [0.29, 0.717) is 16.9 Å². The van der Waals surface area contributed by atoms with Gasteiger partial charge >= 0.3 is 12.6 Å². The second-order valence-corrected chi connectivity index (χ2v) is 6.28. The normalized spacial score (nSPS) is 11.3. The van der Waals surface area contributed by atoms with Crippen LogP contribution >= 0.6 is 0 Å². The molecule has 1 atom stereocenters. The smallest absolute Gasteiger partial charge is 0.387 e. The quantitative estimate of drug-likeness (QED) is 0.582. The first-order valence-electron chi connectivity index (χ1n) is 8.89. The molecular weight excluding hydrogens is 398 g/mol. The highest BCUT2D eigenvalue weighted by molar-refractivity contribution is 5.82. The van der Waals surface area contributed by atoms with Gasteiger partial charge in [0, 0.05) is 13.6 Å². The molecule has 1 amide bonds. The first kappa shape index (κ1) is 22.6. The van der Waals surface area contributed by atoms with Gasteiger partial charge in [0.2, 0.25) is 0 Å². The monoisotopic (exact) mass is 418 g/mol. The highest BCUT2D eigenvalue weighted by Gasteiger charge is 2.19. The van der Waals surface area contributed by atoms with Gasteiger partial charge in [-0.05, 0) is 48.9 Å². The molecule has 0 saturated heterocycles. The predicted molar refractivity (Wildman–Crippen MR) is 102 cm³/mol. The van der Waals surface area contributed by atoms with Gasteiger partial charge in [0.05, 0.1) is 11.6 Å². The van der Waals surface area contributed by atoms with Crippen LogP contribution in [-0.4, -0.2) is 43.1 Å². The summed E-state index contributed by atoms with van der Waals surface area (Å²) in [5.74, 6) is -0.745. The molecule has 0 heterocycles. The minimum absolute atomic E-state index is 0.0212. The number of rotatable bonds is 9. The highest BCUT2D eigenvalue weighted by atomic mass is 19.3. The lowest BCUT2D eigenvalue weighted by Gasteiger charge is -2.19. The molecule has 158 valence electrons. The van der Waals surface area contributed by atoms with E-state index in [1.165, 1.54) is 31.0 Å². The van der Waals surface area contributed by atoms with Crippen molar-refractivity contribution in [2.24, 2.45) is 0 Å². The van der Waals surface area contributed by atoms with Crippen LogP contribution < -0.4 is 9.47 Å². The van der Waals surface area contributed by atoms with Crippen molar-refractivity contribution in [3.63, 3.8) is 0 Å². The van der Waals surface area contributed by atoms with E-state index in [4.69, 9.17) is 14.7 Å². The van der Waals surface area contributed by atoms with Crippen LogP contribution in [0.25, 0.3) is 0 Å². The largest absolute Gasteiger partial charge is 0.479 e. The fourth-order valence-electron chi connectivity index (χ4n) is 2.36. The summed E-state index contributed by atoms with van der Waals surface area (Å²) in [5, 5.41) is 8.77. The number of hydrogen-bond acceptors (Lipinski definition) is 6. The molecule has 0 aliphatic heterocycles. The maximum atomic E-state index is 12.2. The second kappa shape index (κ2) is 10.8. The standard InChI is InChI=1S/C21H20F2N2O5/c1-14(29-17-7-3-15(11-24)4-8-17)20(27)28-13-19(26)25(2)12-16-5-9-18(10-6-16)30-21(22)23/h3-10,14,21H,12-13H2,1-2H3. The van der Waals surface area contributed by atoms with Crippen molar-refractivity contribution in [2.75, 3.05) is 13.7 Å². The van der Waals surface area contributed by atoms with E-state index in [2.05, 4.69) is 4.74 Å². The van der Waals surface area contributed by atoms with Crippen LogP contribution in [-0.2, 0) is 20.9 Å². The van der Waals surface area contributed by atoms with Crippen LogP contribution in [0, 0.1) is 11.3 Å². The minimum Gasteiger partial charge on any atom is -0.479 e. The molecule has 9 heteroatoms. The van der Waals surface area contributed by atoms with Crippen LogP contribution in [0.2, 0.25) is 0 Å². The Morgan fingerprint density at radius 3 is 2.17 bits per heavy atom. The summed E-state index contributed by atoms with van der Waals surface area (Å²) in [6, 6.07) is 14.1. The van der Waals surface area contributed by atoms with E-state index in [1.54, 1.807) is 36.4 Å². The van der Waals surface area contributed by atoms with Crippen LogP contribution in [0.15, 0.2) is 48.5 Å². The zero-order valence-electron chi connectivity index (χ0n) is 16.4. The molecule has 0 fully saturated rings. The molecule has 30 heavy (non-hydrogen) atoms. The fraction of sp³-hybridized carbons (Fsp3) is 0.286. The number of carbonyl (C=O) groups is 2. The van der Waals surface area contributed by atoms with Gasteiger partial charge in [-0.3, -0.25) is 4.79 Å². The van der Waals surface area contributed by atoms with Crippen molar-refractivity contribution in [3.8, 4) is 17.6 Å². The average Bonchev–Trinajstić information content (AvgIpc) is 2.73. The summed E-state index contributed by atoms with van der Waals surface area (Å²) in [4.78, 5) is 25.5. The van der Waals surface area contributed by atoms with E-state index in [1.807, 2.05) is 6.07 Å². The SMILES string of the molecule is CC(Oc1ccc(C#N)cc1)C(=O)OCC(=O)N(C)Cc1ccc(OC(F)F)cc1. The van der Waals surface area contributed by atoms with E-state index >= 15 is 0 Å². The van der Waals surface area contributed by atoms with Crippen molar-refractivity contribution in [1.29, 1.82) is 5.26 Å². The van der Waals surface area contributed by atoms with E-state index in [9.17, 15) is 18.4 Å². The third kappa shape index (κ3) is 7.05. The van der Waals surface area contributed by atoms with Crippen molar-refractivity contribution in [1.82, 2.24) is 4.90 Å². The number of ether oxygens (including phenoxy) is 3. The number of carbonyl (C=O) groups excluding carboxylic acids is 2. The number of nitrogens with zero attached hydrogens (tertiary/aromatic N) is 2. The topological polar surface area (TPSA) is 88.9 Å². The Hall–Kier alpha value is -3.67. The number of benzene rings is 2. The van der Waals surface area contributed by atoms with Crippen molar-refractivity contribution < 1.29 is 32.6 Å². The lowest BCUT2D eigenvalue weighted by molar-refractivity contribution is -0.157. The van der Waals surface area contributed by atoms with Gasteiger partial charge < -0.3 is 19.1 Å². The predicted octanol–water partition coefficient (Wildman–Crippen LogP) is 3.13. The van der Waals surface area contributed by atoms with Crippen molar-refractivity contribution in [3.05, 3.63) is 59.7 Å². The van der Waals surface area contributed by atoms with E-state index in [0.717, 1.165) is 0 Å². The molecule has 2 aromatic rings. The number of likely N-dealkylation sites (N-methyl/N-ethyl adjacent to an activating group) is 1. The van der Waals surface area contributed by atoms with Crippen LogP contribution in [0.3, 0.4) is 0 Å². The van der Waals surface area contributed by atoms with Crippen LogP contribution in [0.1, 0.15) is 18.1 Å². The fourth-order valence-corrected chi connectivity index (χ4v) is 2.36. The number of esters is 1. The first-order chi connectivity index (χ1) is 14.3. The number of nitriles is 1. The molecule has 7 nitrogen and oxygen atoms in total. The van der Waals surface area contributed by atoms with Gasteiger partial charge in [-0.15, -0.1) is 0 Å². The summed E-state index contributed by atoms with van der Waals surface area (Å²) in [6.07, 6.45) is -0.946. The molecule has 2 aromatic carbocycles. The molecule has 0 N–H and O–H groups in total. The first-order valence-corrected chi connectivity index (χ1v) is 8.89. The van der Waals surface area contributed by atoms with Crippen LogP contribution in [0.5, 0.6) is 11.5 Å². The maximum absolute atomic E-state index is 12.2. The zero-order chi connectivity index (χ0) is 22.1. The van der Waals surface area contributed by atoms with Gasteiger partial charge in [0.25, 0.3) is 5.91 Å². The van der Waals surface area contributed by atoms with Crippen LogP contribution in [0.4, 0.5) is 8.78 Å². The highest BCUT2D eigenvalue weighted by Crippen LogP contribution is 2.16. The van der Waals surface area contributed by atoms with E-state index in [-0.39, 0.29) is 12.3 Å². The third-order valence-electron chi connectivity index (χ3n) is 3.96. The number of halogens is 2.